The van der Waals surface area contributed by atoms with Crippen molar-refractivity contribution in [1.82, 2.24) is 5.32 Å². The number of hydrogen-bond acceptors (Lipinski definition) is 4. The lowest BCUT2D eigenvalue weighted by molar-refractivity contribution is 0.144. The van der Waals surface area contributed by atoms with Gasteiger partial charge in [0, 0.05) is 24.1 Å². The molecule has 0 radical (unpaired) electrons. The first-order chi connectivity index (χ1) is 7.95. The molecule has 0 fully saturated rings. The van der Waals surface area contributed by atoms with Crippen LogP contribution in [-0.2, 0) is 0 Å². The number of thiophene rings is 1. The van der Waals surface area contributed by atoms with Gasteiger partial charge < -0.3 is 15.5 Å². The van der Waals surface area contributed by atoms with Crippen LogP contribution in [0.1, 0.15) is 38.2 Å². The normalized spacial score (nSPS) is 15.8. The van der Waals surface area contributed by atoms with Crippen molar-refractivity contribution >= 4 is 11.3 Å². The Hall–Kier alpha value is -0.420. The van der Waals surface area contributed by atoms with E-state index in [1.165, 1.54) is 0 Å². The van der Waals surface area contributed by atoms with Crippen molar-refractivity contribution in [2.75, 3.05) is 13.2 Å². The second-order valence-corrected chi connectivity index (χ2v) is 6.35. The summed E-state index contributed by atoms with van der Waals surface area (Å²) in [5, 5.41) is 24.3. The SMILES string of the molecule is CC(C)(C)C(CCO)NCC(O)c1cccs1. The summed E-state index contributed by atoms with van der Waals surface area (Å²) in [6.07, 6.45) is 0.249. The minimum atomic E-state index is -0.460. The second kappa shape index (κ2) is 6.50. The molecule has 2 unspecified atom stereocenters. The molecule has 17 heavy (non-hydrogen) atoms. The van der Waals surface area contributed by atoms with Crippen LogP contribution in [0.25, 0.3) is 0 Å². The smallest absolute Gasteiger partial charge is 0.101 e. The molecule has 2 atom stereocenters. The van der Waals surface area contributed by atoms with Gasteiger partial charge in [-0.2, -0.15) is 0 Å². The first-order valence-electron chi connectivity index (χ1n) is 6.01. The summed E-state index contributed by atoms with van der Waals surface area (Å²) in [6, 6.07) is 4.09. The Morgan fingerprint density at radius 3 is 2.59 bits per heavy atom. The first-order valence-corrected chi connectivity index (χ1v) is 6.89. The molecule has 0 saturated heterocycles. The summed E-state index contributed by atoms with van der Waals surface area (Å²) in [5.74, 6) is 0. The molecule has 0 saturated carbocycles. The maximum absolute atomic E-state index is 9.98. The quantitative estimate of drug-likeness (QED) is 0.732. The van der Waals surface area contributed by atoms with Crippen LogP contribution < -0.4 is 5.32 Å². The van der Waals surface area contributed by atoms with Crippen LogP contribution >= 0.6 is 11.3 Å². The summed E-state index contributed by atoms with van der Waals surface area (Å²) >= 11 is 1.56. The highest BCUT2D eigenvalue weighted by atomic mass is 32.1. The monoisotopic (exact) mass is 257 g/mol. The lowest BCUT2D eigenvalue weighted by Crippen LogP contribution is -2.42. The molecule has 1 rings (SSSR count). The number of nitrogens with one attached hydrogen (secondary N) is 1. The summed E-state index contributed by atoms with van der Waals surface area (Å²) in [6.45, 7) is 7.11. The van der Waals surface area contributed by atoms with E-state index in [0.717, 1.165) is 4.88 Å². The van der Waals surface area contributed by atoms with Gasteiger partial charge in [0.2, 0.25) is 0 Å². The van der Waals surface area contributed by atoms with Gasteiger partial charge in [0.05, 0.1) is 0 Å². The van der Waals surface area contributed by atoms with E-state index in [1.54, 1.807) is 11.3 Å². The standard InChI is InChI=1S/C13H23NO2S/c1-13(2,3)12(6-7-15)14-9-10(16)11-5-4-8-17-11/h4-5,8,10,12,14-16H,6-7,9H2,1-3H3. The molecule has 0 aliphatic rings. The molecule has 3 nitrogen and oxygen atoms in total. The highest BCUT2D eigenvalue weighted by molar-refractivity contribution is 7.10. The maximum Gasteiger partial charge on any atom is 0.101 e. The minimum Gasteiger partial charge on any atom is -0.396 e. The van der Waals surface area contributed by atoms with E-state index in [2.05, 4.69) is 26.1 Å². The topological polar surface area (TPSA) is 52.5 Å². The third-order valence-corrected chi connectivity index (χ3v) is 3.87. The predicted octanol–water partition coefficient (Wildman–Crippen LogP) is 2.17. The van der Waals surface area contributed by atoms with E-state index < -0.39 is 6.10 Å². The fraction of sp³-hybridized carbons (Fsp3) is 0.692. The molecule has 1 aromatic heterocycles. The molecule has 4 heteroatoms. The highest BCUT2D eigenvalue weighted by Crippen LogP contribution is 2.23. The van der Waals surface area contributed by atoms with Crippen molar-refractivity contribution < 1.29 is 10.2 Å². The van der Waals surface area contributed by atoms with Gasteiger partial charge in [-0.05, 0) is 23.3 Å². The summed E-state index contributed by atoms with van der Waals surface area (Å²) in [4.78, 5) is 0.981. The van der Waals surface area contributed by atoms with E-state index >= 15 is 0 Å². The Kier molecular flexibility index (Phi) is 5.59. The van der Waals surface area contributed by atoms with Crippen LogP contribution in [0.2, 0.25) is 0 Å². The van der Waals surface area contributed by atoms with Gasteiger partial charge in [-0.3, -0.25) is 0 Å². The van der Waals surface area contributed by atoms with Gasteiger partial charge >= 0.3 is 0 Å². The average Bonchev–Trinajstić information content (AvgIpc) is 2.75. The van der Waals surface area contributed by atoms with Crippen molar-refractivity contribution in [2.45, 2.75) is 39.3 Å². The van der Waals surface area contributed by atoms with Crippen molar-refractivity contribution in [3.05, 3.63) is 22.4 Å². The Morgan fingerprint density at radius 1 is 1.41 bits per heavy atom. The van der Waals surface area contributed by atoms with E-state index in [0.29, 0.717) is 13.0 Å². The van der Waals surface area contributed by atoms with Crippen molar-refractivity contribution in [3.8, 4) is 0 Å². The fourth-order valence-corrected chi connectivity index (χ4v) is 2.52. The summed E-state index contributed by atoms with van der Waals surface area (Å²) in [7, 11) is 0. The molecule has 0 aromatic carbocycles. The number of aliphatic hydroxyl groups excluding tert-OH is 2. The average molecular weight is 257 g/mol. The Balaban J connectivity index is 2.47. The number of aliphatic hydroxyl groups is 2. The second-order valence-electron chi connectivity index (χ2n) is 5.37. The van der Waals surface area contributed by atoms with Crippen LogP contribution in [0.4, 0.5) is 0 Å². The fourth-order valence-electron chi connectivity index (χ4n) is 1.81. The third-order valence-electron chi connectivity index (χ3n) is 2.89. The van der Waals surface area contributed by atoms with Crippen LogP contribution in [0.3, 0.4) is 0 Å². The zero-order chi connectivity index (χ0) is 12.9. The molecule has 0 aliphatic carbocycles. The van der Waals surface area contributed by atoms with E-state index in [-0.39, 0.29) is 18.1 Å². The minimum absolute atomic E-state index is 0.0812. The van der Waals surface area contributed by atoms with Crippen LogP contribution in [0, 0.1) is 5.41 Å². The molecule has 1 heterocycles. The largest absolute Gasteiger partial charge is 0.396 e. The van der Waals surface area contributed by atoms with Crippen molar-refractivity contribution in [2.24, 2.45) is 5.41 Å². The third kappa shape index (κ3) is 4.76. The predicted molar refractivity (Wildman–Crippen MR) is 72.2 cm³/mol. The molecule has 1 aromatic rings. The highest BCUT2D eigenvalue weighted by Gasteiger charge is 2.24. The lowest BCUT2D eigenvalue weighted by atomic mass is 9.85. The van der Waals surface area contributed by atoms with Gasteiger partial charge in [0.1, 0.15) is 6.10 Å². The molecule has 0 spiro atoms. The Bertz CT molecular complexity index is 306. The van der Waals surface area contributed by atoms with Crippen LogP contribution in [-0.4, -0.2) is 29.4 Å². The van der Waals surface area contributed by atoms with Gasteiger partial charge in [-0.25, -0.2) is 0 Å². The zero-order valence-electron chi connectivity index (χ0n) is 10.8. The molecular weight excluding hydrogens is 234 g/mol. The lowest BCUT2D eigenvalue weighted by Gasteiger charge is -2.32. The van der Waals surface area contributed by atoms with Crippen molar-refractivity contribution in [3.63, 3.8) is 0 Å². The molecule has 0 bridgehead atoms. The van der Waals surface area contributed by atoms with Crippen LogP contribution in [0.15, 0.2) is 17.5 Å². The first kappa shape index (κ1) is 14.6. The van der Waals surface area contributed by atoms with E-state index in [4.69, 9.17) is 5.11 Å². The molecule has 3 N–H and O–H groups in total. The summed E-state index contributed by atoms with van der Waals surface area (Å²) < 4.78 is 0. The maximum atomic E-state index is 9.98. The van der Waals surface area contributed by atoms with E-state index in [1.807, 2.05) is 17.5 Å². The van der Waals surface area contributed by atoms with E-state index in [9.17, 15) is 5.11 Å². The van der Waals surface area contributed by atoms with Gasteiger partial charge in [-0.1, -0.05) is 26.8 Å². The number of rotatable bonds is 6. The van der Waals surface area contributed by atoms with Gasteiger partial charge in [-0.15, -0.1) is 11.3 Å². The van der Waals surface area contributed by atoms with Gasteiger partial charge in [0.15, 0.2) is 0 Å². The molecule has 98 valence electrons. The number of hydrogen-bond donors (Lipinski definition) is 3. The molecule has 0 aliphatic heterocycles. The van der Waals surface area contributed by atoms with Gasteiger partial charge in [0.25, 0.3) is 0 Å². The molecular formula is C13H23NO2S. The summed E-state index contributed by atoms with van der Waals surface area (Å²) in [5.41, 5.74) is 0.0812. The Labute approximate surface area is 107 Å². The Morgan fingerprint density at radius 2 is 2.12 bits per heavy atom. The van der Waals surface area contributed by atoms with Crippen molar-refractivity contribution in [1.29, 1.82) is 0 Å². The zero-order valence-corrected chi connectivity index (χ0v) is 11.6. The molecule has 0 amide bonds. The van der Waals surface area contributed by atoms with Crippen LogP contribution in [0.5, 0.6) is 0 Å².